The van der Waals surface area contributed by atoms with Crippen molar-refractivity contribution in [3.63, 3.8) is 0 Å². The molecule has 0 saturated heterocycles. The average Bonchev–Trinajstić information content (AvgIpc) is 2.98. The fourth-order valence-electron chi connectivity index (χ4n) is 2.88. The Labute approximate surface area is 122 Å². The van der Waals surface area contributed by atoms with E-state index in [2.05, 4.69) is 5.10 Å². The minimum absolute atomic E-state index is 0.255. The molecule has 0 saturated carbocycles. The van der Waals surface area contributed by atoms with E-state index >= 15 is 0 Å². The van der Waals surface area contributed by atoms with Gasteiger partial charge in [-0.2, -0.15) is 5.10 Å². The first-order chi connectivity index (χ1) is 9.61. The lowest BCUT2D eigenvalue weighted by Gasteiger charge is -2.10. The van der Waals surface area contributed by atoms with Crippen LogP contribution in [-0.4, -0.2) is 21.9 Å². The van der Waals surface area contributed by atoms with Crippen LogP contribution < -0.4 is 10.5 Å². The number of methoxy groups -OCH3 is 1. The third-order valence-corrected chi connectivity index (χ3v) is 5.09. The van der Waals surface area contributed by atoms with Crippen molar-refractivity contribution in [3.8, 4) is 5.88 Å². The van der Waals surface area contributed by atoms with Gasteiger partial charge in [-0.3, -0.25) is 0 Å². The molecule has 0 aromatic carbocycles. The molecule has 5 nitrogen and oxygen atoms in total. The molecule has 0 radical (unpaired) electrons. The second-order valence-corrected chi connectivity index (χ2v) is 6.35. The zero-order valence-corrected chi connectivity index (χ0v) is 13.0. The first kappa shape index (κ1) is 13.6. The summed E-state index contributed by atoms with van der Waals surface area (Å²) >= 11 is 1.75. The first-order valence-corrected chi connectivity index (χ1v) is 7.75. The lowest BCUT2D eigenvalue weighted by molar-refractivity contribution is 0.368. The van der Waals surface area contributed by atoms with E-state index in [0.29, 0.717) is 0 Å². The van der Waals surface area contributed by atoms with Crippen LogP contribution in [0.3, 0.4) is 0 Å². The number of nitrogens with two attached hydrogens (primary N) is 1. The van der Waals surface area contributed by atoms with Crippen LogP contribution in [0.15, 0.2) is 0 Å². The molecule has 6 heteroatoms. The van der Waals surface area contributed by atoms with Crippen molar-refractivity contribution in [2.75, 3.05) is 7.11 Å². The van der Waals surface area contributed by atoms with E-state index in [4.69, 9.17) is 15.5 Å². The van der Waals surface area contributed by atoms with E-state index in [1.807, 2.05) is 14.0 Å². The molecule has 108 valence electrons. The maximum absolute atomic E-state index is 6.43. The average molecular weight is 292 g/mol. The third-order valence-electron chi connectivity index (χ3n) is 3.85. The molecule has 2 aromatic rings. The van der Waals surface area contributed by atoms with Gasteiger partial charge in [0.2, 0.25) is 5.88 Å². The van der Waals surface area contributed by atoms with Crippen molar-refractivity contribution in [2.24, 2.45) is 12.8 Å². The SMILES string of the molecule is COc1c(C(N)c2nc3c(s2)CCCC3)c(C)nn1C. The number of rotatable bonds is 3. The van der Waals surface area contributed by atoms with E-state index in [0.717, 1.165) is 35.0 Å². The number of thiazole rings is 1. The Balaban J connectivity index is 2.00. The monoisotopic (exact) mass is 292 g/mol. The molecule has 0 spiro atoms. The van der Waals surface area contributed by atoms with Gasteiger partial charge in [-0.05, 0) is 32.6 Å². The van der Waals surface area contributed by atoms with Gasteiger partial charge >= 0.3 is 0 Å². The van der Waals surface area contributed by atoms with Crippen LogP contribution in [-0.2, 0) is 19.9 Å². The molecule has 2 aromatic heterocycles. The highest BCUT2D eigenvalue weighted by Gasteiger charge is 2.26. The Morgan fingerprint density at radius 1 is 1.35 bits per heavy atom. The van der Waals surface area contributed by atoms with E-state index in [-0.39, 0.29) is 6.04 Å². The number of ether oxygens (including phenoxy) is 1. The van der Waals surface area contributed by atoms with E-state index in [9.17, 15) is 0 Å². The molecule has 0 fully saturated rings. The smallest absolute Gasteiger partial charge is 0.216 e. The molecular formula is C14H20N4OS. The van der Waals surface area contributed by atoms with Crippen molar-refractivity contribution in [1.29, 1.82) is 0 Å². The Morgan fingerprint density at radius 3 is 2.80 bits per heavy atom. The van der Waals surface area contributed by atoms with Crippen LogP contribution in [0.2, 0.25) is 0 Å². The van der Waals surface area contributed by atoms with Crippen LogP contribution >= 0.6 is 11.3 Å². The van der Waals surface area contributed by atoms with Crippen molar-refractivity contribution in [1.82, 2.24) is 14.8 Å². The van der Waals surface area contributed by atoms with Crippen molar-refractivity contribution < 1.29 is 4.74 Å². The van der Waals surface area contributed by atoms with E-state index < -0.39 is 0 Å². The minimum Gasteiger partial charge on any atom is -0.481 e. The summed E-state index contributed by atoms with van der Waals surface area (Å²) in [4.78, 5) is 6.16. The van der Waals surface area contributed by atoms with Crippen LogP contribution in [0.5, 0.6) is 5.88 Å². The summed E-state index contributed by atoms with van der Waals surface area (Å²) in [6.45, 7) is 1.96. The largest absolute Gasteiger partial charge is 0.481 e. The Kier molecular flexibility index (Phi) is 3.52. The Bertz CT molecular complexity index is 608. The van der Waals surface area contributed by atoms with Gasteiger partial charge in [-0.15, -0.1) is 11.3 Å². The quantitative estimate of drug-likeness (QED) is 0.941. The molecule has 20 heavy (non-hydrogen) atoms. The Morgan fingerprint density at radius 2 is 2.10 bits per heavy atom. The van der Waals surface area contributed by atoms with Crippen LogP contribution in [0.1, 0.15) is 45.7 Å². The summed E-state index contributed by atoms with van der Waals surface area (Å²) in [6, 6.07) is -0.255. The minimum atomic E-state index is -0.255. The van der Waals surface area contributed by atoms with E-state index in [1.54, 1.807) is 23.1 Å². The topological polar surface area (TPSA) is 66.0 Å². The number of hydrogen-bond donors (Lipinski definition) is 1. The highest BCUT2D eigenvalue weighted by Crippen LogP contribution is 2.35. The zero-order chi connectivity index (χ0) is 14.3. The summed E-state index contributed by atoms with van der Waals surface area (Å²) < 4.78 is 7.17. The number of hydrogen-bond acceptors (Lipinski definition) is 5. The summed E-state index contributed by atoms with van der Waals surface area (Å²) in [5.41, 5.74) is 9.53. The van der Waals surface area contributed by atoms with Gasteiger partial charge in [0.1, 0.15) is 5.01 Å². The van der Waals surface area contributed by atoms with Crippen molar-refractivity contribution >= 4 is 11.3 Å². The molecule has 0 amide bonds. The van der Waals surface area contributed by atoms with Gasteiger partial charge in [-0.1, -0.05) is 0 Å². The lowest BCUT2D eigenvalue weighted by atomic mass is 10.0. The molecule has 2 heterocycles. The van der Waals surface area contributed by atoms with Gasteiger partial charge in [-0.25, -0.2) is 9.67 Å². The van der Waals surface area contributed by atoms with Gasteiger partial charge in [0.05, 0.1) is 30.1 Å². The predicted molar refractivity (Wildman–Crippen MR) is 79.3 cm³/mol. The van der Waals surface area contributed by atoms with Crippen LogP contribution in [0.4, 0.5) is 0 Å². The zero-order valence-electron chi connectivity index (χ0n) is 12.1. The molecule has 1 unspecified atom stereocenters. The number of aryl methyl sites for hydroxylation is 4. The second kappa shape index (κ2) is 5.18. The molecular weight excluding hydrogens is 272 g/mol. The van der Waals surface area contributed by atoms with Gasteiger partial charge < -0.3 is 10.5 Å². The van der Waals surface area contributed by atoms with Gasteiger partial charge in [0.25, 0.3) is 0 Å². The third kappa shape index (κ3) is 2.13. The molecule has 0 aliphatic heterocycles. The normalized spacial score (nSPS) is 16.0. The molecule has 1 atom stereocenters. The second-order valence-electron chi connectivity index (χ2n) is 5.24. The van der Waals surface area contributed by atoms with Crippen LogP contribution in [0, 0.1) is 6.92 Å². The number of nitrogens with zero attached hydrogens (tertiary/aromatic N) is 3. The Hall–Kier alpha value is -1.40. The summed E-state index contributed by atoms with van der Waals surface area (Å²) in [6.07, 6.45) is 4.73. The molecule has 0 bridgehead atoms. The molecule has 1 aliphatic rings. The van der Waals surface area contributed by atoms with Gasteiger partial charge in [0, 0.05) is 11.9 Å². The standard InChI is InChI=1S/C14H20N4OS/c1-8-11(14(19-3)18(2)17-8)12(15)13-16-9-6-4-5-7-10(9)20-13/h12H,4-7,15H2,1-3H3. The highest BCUT2D eigenvalue weighted by molar-refractivity contribution is 7.11. The fraction of sp³-hybridized carbons (Fsp3) is 0.571. The van der Waals surface area contributed by atoms with E-state index in [1.165, 1.54) is 23.4 Å². The molecule has 3 rings (SSSR count). The fourth-order valence-corrected chi connectivity index (χ4v) is 4.05. The van der Waals surface area contributed by atoms with Crippen LogP contribution in [0.25, 0.3) is 0 Å². The first-order valence-electron chi connectivity index (χ1n) is 6.93. The summed E-state index contributed by atoms with van der Waals surface area (Å²) in [7, 11) is 3.52. The molecule has 1 aliphatic carbocycles. The highest BCUT2D eigenvalue weighted by atomic mass is 32.1. The predicted octanol–water partition coefficient (Wildman–Crippen LogP) is 2.12. The molecule has 2 N–H and O–H groups in total. The van der Waals surface area contributed by atoms with Gasteiger partial charge in [0.15, 0.2) is 0 Å². The summed E-state index contributed by atoms with van der Waals surface area (Å²) in [5, 5.41) is 5.38. The number of aromatic nitrogens is 3. The maximum atomic E-state index is 6.43. The van der Waals surface area contributed by atoms with Crippen molar-refractivity contribution in [2.45, 2.75) is 38.6 Å². The number of fused-ring (bicyclic) bond motifs is 1. The maximum Gasteiger partial charge on any atom is 0.216 e. The van der Waals surface area contributed by atoms with Crippen molar-refractivity contribution in [3.05, 3.63) is 26.8 Å². The summed E-state index contributed by atoms with van der Waals surface area (Å²) in [5.74, 6) is 0.725. The lowest BCUT2D eigenvalue weighted by Crippen LogP contribution is -2.13.